The molecule has 188 valence electrons. The average molecular weight is 457 g/mol. The van der Waals surface area contributed by atoms with E-state index in [1.807, 2.05) is 0 Å². The van der Waals surface area contributed by atoms with Gasteiger partial charge in [-0.3, -0.25) is 0 Å². The Morgan fingerprint density at radius 1 is 1.03 bits per heavy atom. The standard InChI is InChI=1S/C31H52O2/c1-8-23(21(2)3)10-9-22(4)27-13-14-28-26-12-11-24-19-25(33-20-32-7)15-17-30(24,5)29(26)16-18-31(27,28)6/h9-11,21-23,25-29H,8,12-20H2,1-7H3/b10-9+/t22-,23?,25+,26+,27-,28+,29+,30+,31-/m1/s1. The van der Waals surface area contributed by atoms with Crippen molar-refractivity contribution in [1.29, 1.82) is 0 Å². The molecule has 3 saturated carbocycles. The van der Waals surface area contributed by atoms with Crippen LogP contribution in [0.3, 0.4) is 0 Å². The van der Waals surface area contributed by atoms with Gasteiger partial charge in [-0.15, -0.1) is 0 Å². The predicted molar refractivity (Wildman–Crippen MR) is 139 cm³/mol. The summed E-state index contributed by atoms with van der Waals surface area (Å²) >= 11 is 0. The van der Waals surface area contributed by atoms with Gasteiger partial charge < -0.3 is 9.47 Å². The Morgan fingerprint density at radius 2 is 1.82 bits per heavy atom. The Labute approximate surface area is 205 Å². The second kappa shape index (κ2) is 10.2. The second-order valence-corrected chi connectivity index (χ2v) is 13.0. The van der Waals surface area contributed by atoms with Crippen molar-refractivity contribution in [2.24, 2.45) is 52.3 Å². The molecule has 1 unspecified atom stereocenters. The van der Waals surface area contributed by atoms with E-state index in [9.17, 15) is 0 Å². The first-order valence-corrected chi connectivity index (χ1v) is 14.2. The third-order valence-corrected chi connectivity index (χ3v) is 11.2. The normalized spacial score (nSPS) is 42.5. The van der Waals surface area contributed by atoms with Gasteiger partial charge in [0.05, 0.1) is 6.10 Å². The number of fused-ring (bicyclic) bond motifs is 5. The molecule has 2 nitrogen and oxygen atoms in total. The lowest BCUT2D eigenvalue weighted by atomic mass is 9.47. The van der Waals surface area contributed by atoms with Crippen LogP contribution in [0.1, 0.15) is 99.3 Å². The number of hydrogen-bond acceptors (Lipinski definition) is 2. The van der Waals surface area contributed by atoms with E-state index in [1.165, 1.54) is 51.4 Å². The van der Waals surface area contributed by atoms with Crippen LogP contribution in [0.5, 0.6) is 0 Å². The summed E-state index contributed by atoms with van der Waals surface area (Å²) in [6, 6.07) is 0. The smallest absolute Gasteiger partial charge is 0.146 e. The van der Waals surface area contributed by atoms with Gasteiger partial charge in [0.2, 0.25) is 0 Å². The minimum absolute atomic E-state index is 0.357. The van der Waals surface area contributed by atoms with E-state index >= 15 is 0 Å². The molecule has 0 saturated heterocycles. The Hall–Kier alpha value is -0.600. The summed E-state index contributed by atoms with van der Waals surface area (Å²) in [7, 11) is 1.73. The van der Waals surface area contributed by atoms with Gasteiger partial charge in [0.1, 0.15) is 6.79 Å². The molecule has 0 aromatic heterocycles. The van der Waals surface area contributed by atoms with Crippen LogP contribution in [0.2, 0.25) is 0 Å². The molecular formula is C31H52O2. The highest BCUT2D eigenvalue weighted by molar-refractivity contribution is 5.25. The predicted octanol–water partition coefficient (Wildman–Crippen LogP) is 8.43. The zero-order valence-corrected chi connectivity index (χ0v) is 22.7. The van der Waals surface area contributed by atoms with Gasteiger partial charge >= 0.3 is 0 Å². The molecule has 4 aliphatic rings. The molecule has 0 aliphatic heterocycles. The van der Waals surface area contributed by atoms with Crippen molar-refractivity contribution in [2.75, 3.05) is 13.9 Å². The van der Waals surface area contributed by atoms with Crippen LogP contribution in [0.15, 0.2) is 23.8 Å². The van der Waals surface area contributed by atoms with Crippen molar-refractivity contribution in [3.8, 4) is 0 Å². The maximum atomic E-state index is 5.98. The monoisotopic (exact) mass is 456 g/mol. The summed E-state index contributed by atoms with van der Waals surface area (Å²) in [5.41, 5.74) is 2.65. The van der Waals surface area contributed by atoms with Crippen LogP contribution in [0.4, 0.5) is 0 Å². The van der Waals surface area contributed by atoms with Crippen LogP contribution in [0.25, 0.3) is 0 Å². The van der Waals surface area contributed by atoms with Crippen LogP contribution < -0.4 is 0 Å². The van der Waals surface area contributed by atoms with Crippen LogP contribution in [-0.2, 0) is 9.47 Å². The largest absolute Gasteiger partial charge is 0.359 e. The summed E-state index contributed by atoms with van der Waals surface area (Å²) in [6.07, 6.45) is 20.2. The summed E-state index contributed by atoms with van der Waals surface area (Å²) in [6.45, 7) is 15.4. The number of rotatable bonds is 8. The van der Waals surface area contributed by atoms with Crippen molar-refractivity contribution in [2.45, 2.75) is 105 Å². The Morgan fingerprint density at radius 3 is 2.52 bits per heavy atom. The second-order valence-electron chi connectivity index (χ2n) is 13.0. The lowest BCUT2D eigenvalue weighted by Gasteiger charge is -2.58. The van der Waals surface area contributed by atoms with Gasteiger partial charge in [0.25, 0.3) is 0 Å². The Bertz CT molecular complexity index is 722. The molecular weight excluding hydrogens is 404 g/mol. The highest BCUT2D eigenvalue weighted by Gasteiger charge is 2.59. The fraction of sp³-hybridized carbons (Fsp3) is 0.871. The van der Waals surface area contributed by atoms with Crippen molar-refractivity contribution in [1.82, 2.24) is 0 Å². The third-order valence-electron chi connectivity index (χ3n) is 11.2. The highest BCUT2D eigenvalue weighted by Crippen LogP contribution is 2.67. The van der Waals surface area contributed by atoms with E-state index < -0.39 is 0 Å². The molecule has 0 aromatic carbocycles. The summed E-state index contributed by atoms with van der Waals surface area (Å²) < 4.78 is 11.2. The molecule has 2 heteroatoms. The molecule has 33 heavy (non-hydrogen) atoms. The minimum atomic E-state index is 0.357. The van der Waals surface area contributed by atoms with E-state index in [0.29, 0.717) is 29.6 Å². The third kappa shape index (κ3) is 4.65. The molecule has 0 radical (unpaired) electrons. The average Bonchev–Trinajstić information content (AvgIpc) is 3.15. The van der Waals surface area contributed by atoms with Crippen molar-refractivity contribution >= 4 is 0 Å². The summed E-state index contributed by atoms with van der Waals surface area (Å²) in [5, 5.41) is 0. The molecule has 9 atom stereocenters. The minimum Gasteiger partial charge on any atom is -0.359 e. The maximum absolute atomic E-state index is 5.98. The first-order valence-electron chi connectivity index (χ1n) is 14.2. The zero-order valence-electron chi connectivity index (χ0n) is 22.7. The van der Waals surface area contributed by atoms with Crippen molar-refractivity contribution in [3.63, 3.8) is 0 Å². The zero-order chi connectivity index (χ0) is 23.8. The molecule has 0 aromatic rings. The number of allylic oxidation sites excluding steroid dienone is 3. The van der Waals surface area contributed by atoms with E-state index in [1.54, 1.807) is 12.7 Å². The van der Waals surface area contributed by atoms with Crippen LogP contribution >= 0.6 is 0 Å². The Kier molecular flexibility index (Phi) is 7.86. The fourth-order valence-corrected chi connectivity index (χ4v) is 9.12. The molecule has 0 bridgehead atoms. The Balaban J connectivity index is 1.48. The number of hydrogen-bond donors (Lipinski definition) is 0. The van der Waals surface area contributed by atoms with E-state index in [2.05, 4.69) is 59.8 Å². The van der Waals surface area contributed by atoms with Crippen LogP contribution in [0, 0.1) is 52.3 Å². The summed E-state index contributed by atoms with van der Waals surface area (Å²) in [5.74, 6) is 5.76. The number of methoxy groups -OCH3 is 1. The number of ether oxygens (including phenoxy) is 2. The lowest BCUT2D eigenvalue weighted by Crippen LogP contribution is -2.51. The quantitative estimate of drug-likeness (QED) is 0.269. The van der Waals surface area contributed by atoms with Gasteiger partial charge in [-0.25, -0.2) is 0 Å². The molecule has 4 aliphatic carbocycles. The van der Waals surface area contributed by atoms with E-state index in [4.69, 9.17) is 9.47 Å². The molecule has 3 fully saturated rings. The highest BCUT2D eigenvalue weighted by atomic mass is 16.7. The van der Waals surface area contributed by atoms with Gasteiger partial charge in [0.15, 0.2) is 0 Å². The summed E-state index contributed by atoms with van der Waals surface area (Å²) in [4.78, 5) is 0. The first kappa shape index (κ1) is 25.5. The molecule has 0 amide bonds. The van der Waals surface area contributed by atoms with E-state index in [0.717, 1.165) is 41.9 Å². The van der Waals surface area contributed by atoms with Crippen molar-refractivity contribution in [3.05, 3.63) is 23.8 Å². The molecule has 0 N–H and O–H groups in total. The first-order chi connectivity index (χ1) is 15.7. The SMILES string of the molecule is CCC(/C=C/[C@@H](C)[C@H]1CC[C@H]2[C@@H]3CC=C4C[C@@H](OCOC)CC[C@]4(C)[C@H]3CC[C@]12C)C(C)C. The van der Waals surface area contributed by atoms with Gasteiger partial charge in [-0.2, -0.15) is 0 Å². The van der Waals surface area contributed by atoms with Gasteiger partial charge in [0, 0.05) is 7.11 Å². The molecule has 0 spiro atoms. The van der Waals surface area contributed by atoms with E-state index in [-0.39, 0.29) is 0 Å². The topological polar surface area (TPSA) is 18.5 Å². The molecule has 4 rings (SSSR count). The molecule has 0 heterocycles. The van der Waals surface area contributed by atoms with Gasteiger partial charge in [-0.05, 0) is 110 Å². The lowest BCUT2D eigenvalue weighted by molar-refractivity contribution is -0.0980. The van der Waals surface area contributed by atoms with Crippen molar-refractivity contribution < 1.29 is 9.47 Å². The fourth-order valence-electron chi connectivity index (χ4n) is 9.12. The van der Waals surface area contributed by atoms with Gasteiger partial charge in [-0.1, -0.05) is 65.3 Å². The van der Waals surface area contributed by atoms with Crippen LogP contribution in [-0.4, -0.2) is 20.0 Å². The maximum Gasteiger partial charge on any atom is 0.146 e.